The van der Waals surface area contributed by atoms with Gasteiger partial charge in [-0.05, 0) is 37.8 Å². The Morgan fingerprint density at radius 1 is 1.50 bits per heavy atom. The Kier molecular flexibility index (Phi) is 2.96. The zero-order chi connectivity index (χ0) is 12.5. The monoisotopic (exact) mass is 244 g/mol. The van der Waals surface area contributed by atoms with E-state index in [2.05, 4.69) is 33.3 Å². The van der Waals surface area contributed by atoms with Crippen molar-refractivity contribution in [1.82, 2.24) is 14.1 Å². The Hall–Kier alpha value is -1.55. The molecule has 18 heavy (non-hydrogen) atoms. The lowest BCUT2D eigenvalue weighted by atomic mass is 9.93. The third-order valence-corrected chi connectivity index (χ3v) is 3.90. The summed E-state index contributed by atoms with van der Waals surface area (Å²) < 4.78 is 4.51. The van der Waals surface area contributed by atoms with E-state index >= 15 is 0 Å². The molecule has 1 aliphatic rings. The molecule has 0 fully saturated rings. The molecule has 0 saturated carbocycles. The van der Waals surface area contributed by atoms with E-state index in [1.807, 2.05) is 18.7 Å². The Balaban J connectivity index is 1.84. The average molecular weight is 244 g/mol. The van der Waals surface area contributed by atoms with Crippen molar-refractivity contribution in [2.24, 2.45) is 5.73 Å². The topological polar surface area (TPSA) is 48.8 Å². The van der Waals surface area contributed by atoms with Crippen molar-refractivity contribution in [2.75, 3.05) is 0 Å². The van der Waals surface area contributed by atoms with Crippen LogP contribution in [0.5, 0.6) is 0 Å². The maximum absolute atomic E-state index is 6.17. The Morgan fingerprint density at radius 3 is 3.17 bits per heavy atom. The molecule has 4 nitrogen and oxygen atoms in total. The van der Waals surface area contributed by atoms with E-state index in [0.717, 1.165) is 19.4 Å². The van der Waals surface area contributed by atoms with E-state index in [0.29, 0.717) is 6.04 Å². The molecule has 0 bridgehead atoms. The number of fused-ring (bicyclic) bond motifs is 1. The van der Waals surface area contributed by atoms with Crippen LogP contribution in [0, 0.1) is 0 Å². The molecule has 0 amide bonds. The smallest absolute Gasteiger partial charge is 0.0946 e. The summed E-state index contributed by atoms with van der Waals surface area (Å²) in [5.74, 6) is 0. The maximum atomic E-state index is 6.17. The van der Waals surface area contributed by atoms with E-state index < -0.39 is 0 Å². The Morgan fingerprint density at radius 2 is 2.39 bits per heavy atom. The second-order valence-corrected chi connectivity index (χ2v) is 5.23. The number of nitrogens with zero attached hydrogens (tertiary/aromatic N) is 3. The van der Waals surface area contributed by atoms with Crippen LogP contribution >= 0.6 is 0 Å². The minimum absolute atomic E-state index is 0.232. The van der Waals surface area contributed by atoms with Gasteiger partial charge < -0.3 is 14.9 Å². The van der Waals surface area contributed by atoms with Crippen LogP contribution in [0.25, 0.3) is 0 Å². The standard InChI is InChI=1S/C14H20N4/c1-11(9-17-8-6-16-10-17)18-7-5-12-13(15)3-2-4-14(12)18/h5-8,10-11,13H,2-4,9,15H2,1H3. The number of hydrogen-bond donors (Lipinski definition) is 1. The predicted octanol–water partition coefficient (Wildman–Crippen LogP) is 2.28. The highest BCUT2D eigenvalue weighted by atomic mass is 15.1. The molecule has 2 aromatic rings. The van der Waals surface area contributed by atoms with Crippen LogP contribution in [-0.4, -0.2) is 14.1 Å². The van der Waals surface area contributed by atoms with Gasteiger partial charge in [0.25, 0.3) is 0 Å². The highest BCUT2D eigenvalue weighted by Crippen LogP contribution is 2.30. The van der Waals surface area contributed by atoms with Crippen LogP contribution < -0.4 is 5.73 Å². The first-order valence-corrected chi connectivity index (χ1v) is 6.66. The highest BCUT2D eigenvalue weighted by Gasteiger charge is 2.21. The first kappa shape index (κ1) is 11.5. The van der Waals surface area contributed by atoms with Gasteiger partial charge in [0.15, 0.2) is 0 Å². The summed E-state index contributed by atoms with van der Waals surface area (Å²) in [7, 11) is 0. The number of rotatable bonds is 3. The molecule has 0 radical (unpaired) electrons. The largest absolute Gasteiger partial charge is 0.347 e. The lowest BCUT2D eigenvalue weighted by molar-refractivity contribution is 0.439. The fourth-order valence-corrected chi connectivity index (χ4v) is 2.95. The van der Waals surface area contributed by atoms with Crippen LogP contribution in [-0.2, 0) is 13.0 Å². The summed E-state index contributed by atoms with van der Waals surface area (Å²) in [6, 6.07) is 2.87. The van der Waals surface area contributed by atoms with Crippen LogP contribution in [0.4, 0.5) is 0 Å². The van der Waals surface area contributed by atoms with Crippen LogP contribution in [0.3, 0.4) is 0 Å². The summed E-state index contributed by atoms with van der Waals surface area (Å²) in [5, 5.41) is 0. The van der Waals surface area contributed by atoms with Crippen molar-refractivity contribution in [3.63, 3.8) is 0 Å². The van der Waals surface area contributed by atoms with Gasteiger partial charge in [-0.1, -0.05) is 0 Å². The summed E-state index contributed by atoms with van der Waals surface area (Å²) >= 11 is 0. The van der Waals surface area contributed by atoms with Crippen molar-refractivity contribution >= 4 is 0 Å². The van der Waals surface area contributed by atoms with Gasteiger partial charge in [-0.2, -0.15) is 0 Å². The van der Waals surface area contributed by atoms with E-state index in [9.17, 15) is 0 Å². The number of aromatic nitrogens is 3. The minimum atomic E-state index is 0.232. The molecule has 2 N–H and O–H groups in total. The van der Waals surface area contributed by atoms with E-state index in [1.54, 1.807) is 0 Å². The quantitative estimate of drug-likeness (QED) is 0.900. The molecule has 2 aromatic heterocycles. The molecule has 96 valence electrons. The molecule has 2 heterocycles. The number of nitrogens with two attached hydrogens (primary N) is 1. The molecule has 2 unspecified atom stereocenters. The van der Waals surface area contributed by atoms with E-state index in [-0.39, 0.29) is 6.04 Å². The molecule has 0 saturated heterocycles. The van der Waals surface area contributed by atoms with Gasteiger partial charge in [-0.15, -0.1) is 0 Å². The Bertz CT molecular complexity index is 512. The van der Waals surface area contributed by atoms with Crippen molar-refractivity contribution < 1.29 is 0 Å². The minimum Gasteiger partial charge on any atom is -0.347 e. The lowest BCUT2D eigenvalue weighted by Crippen LogP contribution is -2.20. The van der Waals surface area contributed by atoms with Crippen LogP contribution in [0.15, 0.2) is 31.0 Å². The second-order valence-electron chi connectivity index (χ2n) is 5.23. The molecule has 1 aliphatic carbocycles. The molecule has 0 aliphatic heterocycles. The normalized spacial score (nSPS) is 20.7. The first-order valence-electron chi connectivity index (χ1n) is 6.66. The highest BCUT2D eigenvalue weighted by molar-refractivity contribution is 5.28. The number of imidazole rings is 1. The molecule has 4 heteroatoms. The predicted molar refractivity (Wildman–Crippen MR) is 71.2 cm³/mol. The molecule has 2 atom stereocenters. The van der Waals surface area contributed by atoms with Gasteiger partial charge in [-0.3, -0.25) is 0 Å². The Labute approximate surface area is 107 Å². The summed E-state index contributed by atoms with van der Waals surface area (Å²) in [6.45, 7) is 3.21. The summed E-state index contributed by atoms with van der Waals surface area (Å²) in [4.78, 5) is 4.09. The van der Waals surface area contributed by atoms with Crippen LogP contribution in [0.1, 0.15) is 43.1 Å². The summed E-state index contributed by atoms with van der Waals surface area (Å²) in [6.07, 6.45) is 11.4. The zero-order valence-corrected chi connectivity index (χ0v) is 10.8. The van der Waals surface area contributed by atoms with Crippen molar-refractivity contribution in [3.05, 3.63) is 42.2 Å². The lowest BCUT2D eigenvalue weighted by Gasteiger charge is -2.24. The third-order valence-electron chi connectivity index (χ3n) is 3.90. The van der Waals surface area contributed by atoms with Gasteiger partial charge in [0.05, 0.1) is 6.33 Å². The SMILES string of the molecule is CC(Cn1ccnc1)n1ccc2c1CCCC2N. The van der Waals surface area contributed by atoms with Crippen LogP contribution in [0.2, 0.25) is 0 Å². The van der Waals surface area contributed by atoms with E-state index in [1.165, 1.54) is 17.7 Å². The van der Waals surface area contributed by atoms with Crippen molar-refractivity contribution in [2.45, 2.75) is 44.8 Å². The number of hydrogen-bond acceptors (Lipinski definition) is 2. The van der Waals surface area contributed by atoms with Gasteiger partial charge in [0.1, 0.15) is 0 Å². The molecular weight excluding hydrogens is 224 g/mol. The van der Waals surface area contributed by atoms with Gasteiger partial charge in [-0.25, -0.2) is 4.98 Å². The fourth-order valence-electron chi connectivity index (χ4n) is 2.95. The second kappa shape index (κ2) is 4.61. The van der Waals surface area contributed by atoms with Gasteiger partial charge in [0.2, 0.25) is 0 Å². The average Bonchev–Trinajstić information content (AvgIpc) is 2.98. The fraction of sp³-hybridized carbons (Fsp3) is 0.500. The molecular formula is C14H20N4. The molecule has 3 rings (SSSR count). The molecule has 0 aromatic carbocycles. The van der Waals surface area contributed by atoms with E-state index in [4.69, 9.17) is 5.73 Å². The van der Waals surface area contributed by atoms with Crippen molar-refractivity contribution in [3.8, 4) is 0 Å². The van der Waals surface area contributed by atoms with Gasteiger partial charge in [0, 0.05) is 42.9 Å². The third kappa shape index (κ3) is 1.97. The first-order chi connectivity index (χ1) is 8.75. The zero-order valence-electron chi connectivity index (χ0n) is 10.8. The van der Waals surface area contributed by atoms with Crippen molar-refractivity contribution in [1.29, 1.82) is 0 Å². The van der Waals surface area contributed by atoms with Gasteiger partial charge >= 0.3 is 0 Å². The maximum Gasteiger partial charge on any atom is 0.0946 e. The molecule has 0 spiro atoms. The summed E-state index contributed by atoms with van der Waals surface area (Å²) in [5.41, 5.74) is 8.95.